The third kappa shape index (κ3) is 4.50. The molecule has 0 unspecified atom stereocenters. The Morgan fingerprint density at radius 2 is 1.88 bits per heavy atom. The fourth-order valence-corrected chi connectivity index (χ4v) is 3.04. The van der Waals surface area contributed by atoms with E-state index in [9.17, 15) is 4.79 Å². The molecule has 1 saturated heterocycles. The van der Waals surface area contributed by atoms with E-state index in [0.29, 0.717) is 24.3 Å². The standard InChI is InChI=1S/C19H19ClN4O/c20-18-7-2-1-5-16(18)14-23-8-10-24(11-9-23)19(25)22-17-6-3-4-15(12-17)13-21/h1-7,12H,8-11,14H2,(H,22,25). The molecule has 1 aliphatic heterocycles. The number of halogens is 1. The zero-order valence-corrected chi connectivity index (χ0v) is 14.5. The second kappa shape index (κ2) is 8.02. The summed E-state index contributed by atoms with van der Waals surface area (Å²) in [6, 6.07) is 16.7. The third-order valence-corrected chi connectivity index (χ3v) is 4.62. The molecule has 0 aromatic heterocycles. The van der Waals surface area contributed by atoms with Crippen LogP contribution in [-0.2, 0) is 6.54 Å². The molecule has 1 aliphatic rings. The smallest absolute Gasteiger partial charge is 0.321 e. The molecule has 0 aliphatic carbocycles. The molecule has 3 rings (SSSR count). The number of hydrogen-bond donors (Lipinski definition) is 1. The van der Waals surface area contributed by atoms with Crippen molar-refractivity contribution in [2.45, 2.75) is 6.54 Å². The van der Waals surface area contributed by atoms with Crippen molar-refractivity contribution in [3.8, 4) is 6.07 Å². The van der Waals surface area contributed by atoms with Gasteiger partial charge in [0.25, 0.3) is 0 Å². The van der Waals surface area contributed by atoms with Gasteiger partial charge >= 0.3 is 6.03 Å². The number of nitrogens with zero attached hydrogens (tertiary/aromatic N) is 3. The molecule has 6 heteroatoms. The van der Waals surface area contributed by atoms with Crippen molar-refractivity contribution >= 4 is 23.3 Å². The first-order valence-electron chi connectivity index (χ1n) is 8.17. The number of urea groups is 1. The molecule has 0 bridgehead atoms. The molecule has 5 nitrogen and oxygen atoms in total. The van der Waals surface area contributed by atoms with E-state index >= 15 is 0 Å². The van der Waals surface area contributed by atoms with Gasteiger partial charge in [0.15, 0.2) is 0 Å². The maximum atomic E-state index is 12.4. The van der Waals surface area contributed by atoms with Crippen LogP contribution in [0.4, 0.5) is 10.5 Å². The molecule has 128 valence electrons. The number of amides is 2. The van der Waals surface area contributed by atoms with Crippen molar-refractivity contribution in [2.24, 2.45) is 0 Å². The highest BCUT2D eigenvalue weighted by Gasteiger charge is 2.21. The van der Waals surface area contributed by atoms with Crippen molar-refractivity contribution < 1.29 is 4.79 Å². The molecule has 2 aromatic rings. The number of benzene rings is 2. The molecule has 0 saturated carbocycles. The molecule has 2 amide bonds. The summed E-state index contributed by atoms with van der Waals surface area (Å²) >= 11 is 6.21. The predicted molar refractivity (Wildman–Crippen MR) is 98.5 cm³/mol. The first kappa shape index (κ1) is 17.3. The number of carbonyl (C=O) groups is 1. The van der Waals surface area contributed by atoms with Crippen LogP contribution in [-0.4, -0.2) is 42.0 Å². The van der Waals surface area contributed by atoms with E-state index in [4.69, 9.17) is 16.9 Å². The minimum atomic E-state index is -0.132. The molecule has 0 spiro atoms. The van der Waals surface area contributed by atoms with E-state index < -0.39 is 0 Å². The van der Waals surface area contributed by atoms with Crippen LogP contribution >= 0.6 is 11.6 Å². The Labute approximate surface area is 152 Å². The van der Waals surface area contributed by atoms with Crippen molar-refractivity contribution in [2.75, 3.05) is 31.5 Å². The number of rotatable bonds is 3. The number of nitrogens with one attached hydrogen (secondary N) is 1. The van der Waals surface area contributed by atoms with Crippen molar-refractivity contribution in [1.82, 2.24) is 9.80 Å². The number of nitriles is 1. The van der Waals surface area contributed by atoms with Crippen LogP contribution in [0.1, 0.15) is 11.1 Å². The predicted octanol–water partition coefficient (Wildman–Crippen LogP) is 3.56. The first-order valence-corrected chi connectivity index (χ1v) is 8.55. The average molecular weight is 355 g/mol. The summed E-state index contributed by atoms with van der Waals surface area (Å²) in [5.41, 5.74) is 2.28. The topological polar surface area (TPSA) is 59.4 Å². The number of piperazine rings is 1. The van der Waals surface area contributed by atoms with E-state index in [-0.39, 0.29) is 6.03 Å². The number of hydrogen-bond acceptors (Lipinski definition) is 3. The average Bonchev–Trinajstić information content (AvgIpc) is 2.64. The number of anilines is 1. The Morgan fingerprint density at radius 1 is 1.12 bits per heavy atom. The highest BCUT2D eigenvalue weighted by Crippen LogP contribution is 2.18. The van der Waals surface area contributed by atoms with Gasteiger partial charge in [0.1, 0.15) is 0 Å². The number of carbonyl (C=O) groups excluding carboxylic acids is 1. The molecule has 0 atom stereocenters. The van der Waals surface area contributed by atoms with Crippen LogP contribution in [0.2, 0.25) is 5.02 Å². The SMILES string of the molecule is N#Cc1cccc(NC(=O)N2CCN(Cc3ccccc3Cl)CC2)c1. The normalized spacial score (nSPS) is 14.8. The second-order valence-electron chi connectivity index (χ2n) is 5.98. The molecule has 0 radical (unpaired) electrons. The van der Waals surface area contributed by atoms with Crippen LogP contribution < -0.4 is 5.32 Å². The molecule has 1 N–H and O–H groups in total. The molecular weight excluding hydrogens is 336 g/mol. The Kier molecular flexibility index (Phi) is 5.54. The van der Waals surface area contributed by atoms with E-state index in [2.05, 4.69) is 16.3 Å². The lowest BCUT2D eigenvalue weighted by Crippen LogP contribution is -2.49. The van der Waals surface area contributed by atoms with Gasteiger partial charge in [-0.3, -0.25) is 4.90 Å². The Morgan fingerprint density at radius 3 is 2.60 bits per heavy atom. The van der Waals surface area contributed by atoms with Crippen LogP contribution in [0.5, 0.6) is 0 Å². The molecule has 2 aromatic carbocycles. The summed E-state index contributed by atoms with van der Waals surface area (Å²) in [7, 11) is 0. The Bertz CT molecular complexity index is 794. The minimum Gasteiger partial charge on any atom is -0.322 e. The fraction of sp³-hybridized carbons (Fsp3) is 0.263. The zero-order valence-electron chi connectivity index (χ0n) is 13.8. The van der Waals surface area contributed by atoms with E-state index in [0.717, 1.165) is 30.2 Å². The molecular formula is C19H19ClN4O. The van der Waals surface area contributed by atoms with Gasteiger partial charge in [-0.05, 0) is 29.8 Å². The van der Waals surface area contributed by atoms with Gasteiger partial charge < -0.3 is 10.2 Å². The maximum Gasteiger partial charge on any atom is 0.321 e. The van der Waals surface area contributed by atoms with Crippen LogP contribution in [0.15, 0.2) is 48.5 Å². The largest absolute Gasteiger partial charge is 0.322 e. The minimum absolute atomic E-state index is 0.132. The monoisotopic (exact) mass is 354 g/mol. The highest BCUT2D eigenvalue weighted by molar-refractivity contribution is 6.31. The van der Waals surface area contributed by atoms with Crippen LogP contribution in [0, 0.1) is 11.3 Å². The van der Waals surface area contributed by atoms with Crippen molar-refractivity contribution in [3.63, 3.8) is 0 Å². The highest BCUT2D eigenvalue weighted by atomic mass is 35.5. The van der Waals surface area contributed by atoms with Crippen LogP contribution in [0.25, 0.3) is 0 Å². The van der Waals surface area contributed by atoms with Gasteiger partial charge in [0.2, 0.25) is 0 Å². The first-order chi connectivity index (χ1) is 12.2. The van der Waals surface area contributed by atoms with E-state index in [1.807, 2.05) is 24.3 Å². The van der Waals surface area contributed by atoms with Gasteiger partial charge in [0.05, 0.1) is 11.6 Å². The second-order valence-corrected chi connectivity index (χ2v) is 6.38. The van der Waals surface area contributed by atoms with Gasteiger partial charge in [-0.15, -0.1) is 0 Å². The lowest BCUT2D eigenvalue weighted by Gasteiger charge is -2.34. The van der Waals surface area contributed by atoms with E-state index in [1.165, 1.54) is 0 Å². The van der Waals surface area contributed by atoms with Gasteiger partial charge in [0, 0.05) is 43.4 Å². The lowest BCUT2D eigenvalue weighted by molar-refractivity contribution is 0.143. The Balaban J connectivity index is 1.52. The van der Waals surface area contributed by atoms with Gasteiger partial charge in [-0.2, -0.15) is 5.26 Å². The summed E-state index contributed by atoms with van der Waals surface area (Å²) in [6.45, 7) is 3.72. The van der Waals surface area contributed by atoms with Crippen LogP contribution in [0.3, 0.4) is 0 Å². The molecule has 25 heavy (non-hydrogen) atoms. The van der Waals surface area contributed by atoms with Gasteiger partial charge in [-0.1, -0.05) is 35.9 Å². The van der Waals surface area contributed by atoms with Gasteiger partial charge in [-0.25, -0.2) is 4.79 Å². The maximum absolute atomic E-state index is 12.4. The lowest BCUT2D eigenvalue weighted by atomic mass is 10.2. The van der Waals surface area contributed by atoms with Crippen molar-refractivity contribution in [3.05, 3.63) is 64.7 Å². The summed E-state index contributed by atoms with van der Waals surface area (Å²) in [6.07, 6.45) is 0. The summed E-state index contributed by atoms with van der Waals surface area (Å²) < 4.78 is 0. The molecule has 1 heterocycles. The van der Waals surface area contributed by atoms with Crippen molar-refractivity contribution in [1.29, 1.82) is 5.26 Å². The summed E-state index contributed by atoms with van der Waals surface area (Å²) in [4.78, 5) is 16.5. The molecule has 1 fully saturated rings. The fourth-order valence-electron chi connectivity index (χ4n) is 2.85. The summed E-state index contributed by atoms with van der Waals surface area (Å²) in [5.74, 6) is 0. The Hall–Kier alpha value is -2.55. The zero-order chi connectivity index (χ0) is 17.6. The third-order valence-electron chi connectivity index (χ3n) is 4.25. The quantitative estimate of drug-likeness (QED) is 0.916. The van der Waals surface area contributed by atoms with E-state index in [1.54, 1.807) is 29.2 Å². The summed E-state index contributed by atoms with van der Waals surface area (Å²) in [5, 5.41) is 12.6.